The van der Waals surface area contributed by atoms with Gasteiger partial charge in [-0.1, -0.05) is 18.0 Å². The second-order valence-electron chi connectivity index (χ2n) is 5.02. The van der Waals surface area contributed by atoms with Gasteiger partial charge in [-0.25, -0.2) is 0 Å². The van der Waals surface area contributed by atoms with Crippen molar-refractivity contribution in [1.82, 2.24) is 4.90 Å². The Hall–Kier alpha value is -0.480. The van der Waals surface area contributed by atoms with E-state index in [1.54, 1.807) is 18.2 Å². The van der Waals surface area contributed by atoms with Crippen molar-refractivity contribution < 1.29 is 9.53 Å². The monoisotopic (exact) mass is 351 g/mol. The van der Waals surface area contributed by atoms with Crippen LogP contribution in [0.2, 0.25) is 5.02 Å². The molecule has 0 N–H and O–H groups in total. The van der Waals surface area contributed by atoms with E-state index in [2.05, 4.69) is 4.90 Å². The van der Waals surface area contributed by atoms with E-state index in [-0.39, 0.29) is 12.4 Å². The summed E-state index contributed by atoms with van der Waals surface area (Å²) in [5.41, 5.74) is 0.314. The number of ether oxygens (including phenoxy) is 1. The zero-order valence-electron chi connectivity index (χ0n) is 11.8. The SMILES string of the molecule is Cl.O=C(Cl)c1ccc(OCCCN2CCCCC2)cc1Cl. The molecule has 0 aromatic heterocycles. The molecule has 3 nitrogen and oxygen atoms in total. The highest BCUT2D eigenvalue weighted by atomic mass is 35.5. The van der Waals surface area contributed by atoms with Crippen LogP contribution in [0.3, 0.4) is 0 Å². The van der Waals surface area contributed by atoms with Gasteiger partial charge in [0.05, 0.1) is 17.2 Å². The highest BCUT2D eigenvalue weighted by Crippen LogP contribution is 2.24. The van der Waals surface area contributed by atoms with Crippen molar-refractivity contribution in [2.75, 3.05) is 26.2 Å². The van der Waals surface area contributed by atoms with E-state index in [9.17, 15) is 4.79 Å². The van der Waals surface area contributed by atoms with Crippen LogP contribution in [-0.4, -0.2) is 36.4 Å². The minimum atomic E-state index is -0.549. The fourth-order valence-corrected chi connectivity index (χ4v) is 2.88. The van der Waals surface area contributed by atoms with E-state index >= 15 is 0 Å². The van der Waals surface area contributed by atoms with Crippen molar-refractivity contribution in [3.63, 3.8) is 0 Å². The lowest BCUT2D eigenvalue weighted by atomic mass is 10.1. The largest absolute Gasteiger partial charge is 0.493 e. The summed E-state index contributed by atoms with van der Waals surface area (Å²) in [6.45, 7) is 4.14. The van der Waals surface area contributed by atoms with Crippen LogP contribution in [0.4, 0.5) is 0 Å². The minimum Gasteiger partial charge on any atom is -0.493 e. The molecular formula is C15H20Cl3NO2. The Labute approximate surface area is 142 Å². The Kier molecular flexibility index (Phi) is 8.42. The maximum atomic E-state index is 11.0. The van der Waals surface area contributed by atoms with Crippen LogP contribution >= 0.6 is 35.6 Å². The van der Waals surface area contributed by atoms with Gasteiger partial charge in [-0.2, -0.15) is 0 Å². The molecule has 1 aliphatic heterocycles. The summed E-state index contributed by atoms with van der Waals surface area (Å²) in [5, 5.41) is -0.217. The summed E-state index contributed by atoms with van der Waals surface area (Å²) in [5.74, 6) is 0.676. The van der Waals surface area contributed by atoms with Crippen molar-refractivity contribution >= 4 is 40.9 Å². The van der Waals surface area contributed by atoms with Crippen molar-refractivity contribution in [3.05, 3.63) is 28.8 Å². The molecule has 1 aliphatic rings. The predicted molar refractivity (Wildman–Crippen MR) is 89.3 cm³/mol. The van der Waals surface area contributed by atoms with Gasteiger partial charge in [0, 0.05) is 6.54 Å². The molecule has 1 heterocycles. The summed E-state index contributed by atoms with van der Waals surface area (Å²) < 4.78 is 5.65. The second kappa shape index (κ2) is 9.52. The average Bonchev–Trinajstić information content (AvgIpc) is 2.44. The number of piperidine rings is 1. The number of hydrogen-bond acceptors (Lipinski definition) is 3. The molecule has 1 fully saturated rings. The molecule has 1 aromatic rings. The normalized spacial score (nSPS) is 15.3. The predicted octanol–water partition coefficient (Wildman–Crippen LogP) is 4.40. The van der Waals surface area contributed by atoms with Crippen molar-refractivity contribution in [2.45, 2.75) is 25.7 Å². The van der Waals surface area contributed by atoms with Crippen molar-refractivity contribution in [3.8, 4) is 5.75 Å². The first kappa shape index (κ1) is 18.6. The molecule has 0 saturated carbocycles. The standard InChI is InChI=1S/C15H19Cl2NO2.ClH/c16-14-11-12(5-6-13(14)15(17)19)20-10-4-9-18-7-2-1-3-8-18;/h5-6,11H,1-4,7-10H2;1H. The first-order valence-electron chi connectivity index (χ1n) is 7.01. The number of likely N-dealkylation sites (tertiary alicyclic amines) is 1. The highest BCUT2D eigenvalue weighted by molar-refractivity contribution is 6.68. The fourth-order valence-electron chi connectivity index (χ4n) is 2.41. The van der Waals surface area contributed by atoms with E-state index in [0.717, 1.165) is 13.0 Å². The van der Waals surface area contributed by atoms with Gasteiger partial charge in [-0.3, -0.25) is 4.79 Å². The number of carbonyl (C=O) groups is 1. The fraction of sp³-hybridized carbons (Fsp3) is 0.533. The molecule has 1 saturated heterocycles. The van der Waals surface area contributed by atoms with E-state index in [4.69, 9.17) is 27.9 Å². The van der Waals surface area contributed by atoms with Crippen LogP contribution in [0.25, 0.3) is 0 Å². The zero-order chi connectivity index (χ0) is 14.4. The third-order valence-corrected chi connectivity index (χ3v) is 4.00. The van der Waals surface area contributed by atoms with E-state index in [0.29, 0.717) is 22.9 Å². The molecule has 0 unspecified atom stereocenters. The Balaban J connectivity index is 0.00000220. The average molecular weight is 353 g/mol. The molecule has 0 amide bonds. The molecule has 1 aromatic carbocycles. The summed E-state index contributed by atoms with van der Waals surface area (Å²) >= 11 is 11.4. The maximum absolute atomic E-state index is 11.0. The molecule has 0 radical (unpaired) electrons. The number of benzene rings is 1. The third-order valence-electron chi connectivity index (χ3n) is 3.49. The van der Waals surface area contributed by atoms with Crippen LogP contribution in [0.15, 0.2) is 18.2 Å². The number of hydrogen-bond donors (Lipinski definition) is 0. The first-order valence-corrected chi connectivity index (χ1v) is 7.77. The van der Waals surface area contributed by atoms with Crippen LogP contribution in [0.1, 0.15) is 36.0 Å². The molecule has 6 heteroatoms. The Bertz CT molecular complexity index is 462. The minimum absolute atomic E-state index is 0. The molecular weight excluding hydrogens is 333 g/mol. The van der Waals surface area contributed by atoms with Gasteiger partial charge >= 0.3 is 0 Å². The lowest BCUT2D eigenvalue weighted by Crippen LogP contribution is -2.31. The summed E-state index contributed by atoms with van der Waals surface area (Å²) in [6, 6.07) is 4.96. The first-order chi connectivity index (χ1) is 9.66. The van der Waals surface area contributed by atoms with Gasteiger partial charge in [0.2, 0.25) is 0 Å². The van der Waals surface area contributed by atoms with Crippen LogP contribution in [-0.2, 0) is 0 Å². The molecule has 0 atom stereocenters. The highest BCUT2D eigenvalue weighted by Gasteiger charge is 2.10. The number of halogens is 3. The molecule has 0 bridgehead atoms. The zero-order valence-corrected chi connectivity index (χ0v) is 14.1. The van der Waals surface area contributed by atoms with Gasteiger partial charge in [-0.15, -0.1) is 12.4 Å². The van der Waals surface area contributed by atoms with E-state index < -0.39 is 5.24 Å². The molecule has 0 spiro atoms. The van der Waals surface area contributed by atoms with Gasteiger partial charge < -0.3 is 9.64 Å². The van der Waals surface area contributed by atoms with Gasteiger partial charge in [0.1, 0.15) is 5.75 Å². The quantitative estimate of drug-likeness (QED) is 0.561. The Morgan fingerprint density at radius 1 is 1.24 bits per heavy atom. The smallest absolute Gasteiger partial charge is 0.253 e. The lowest BCUT2D eigenvalue weighted by Gasteiger charge is -2.26. The topological polar surface area (TPSA) is 29.5 Å². The van der Waals surface area contributed by atoms with Crippen molar-refractivity contribution in [1.29, 1.82) is 0 Å². The van der Waals surface area contributed by atoms with E-state index in [1.165, 1.54) is 32.4 Å². The Morgan fingerprint density at radius 3 is 2.57 bits per heavy atom. The molecule has 21 heavy (non-hydrogen) atoms. The summed E-state index contributed by atoms with van der Waals surface area (Å²) in [7, 11) is 0. The van der Waals surface area contributed by atoms with E-state index in [1.807, 2.05) is 0 Å². The molecule has 2 rings (SSSR count). The summed E-state index contributed by atoms with van der Waals surface area (Å²) in [4.78, 5) is 13.5. The van der Waals surface area contributed by atoms with Gasteiger partial charge in [-0.05, 0) is 62.2 Å². The lowest BCUT2D eigenvalue weighted by molar-refractivity contribution is 0.108. The van der Waals surface area contributed by atoms with Gasteiger partial charge in [0.25, 0.3) is 5.24 Å². The number of nitrogens with zero attached hydrogens (tertiary/aromatic N) is 1. The van der Waals surface area contributed by atoms with Crippen LogP contribution in [0, 0.1) is 0 Å². The Morgan fingerprint density at radius 2 is 1.95 bits per heavy atom. The van der Waals surface area contributed by atoms with Gasteiger partial charge in [0.15, 0.2) is 0 Å². The maximum Gasteiger partial charge on any atom is 0.253 e. The van der Waals surface area contributed by atoms with Crippen molar-refractivity contribution in [2.24, 2.45) is 0 Å². The number of carbonyl (C=O) groups excluding carboxylic acids is 1. The van der Waals surface area contributed by atoms with Crippen LogP contribution in [0.5, 0.6) is 5.75 Å². The number of rotatable bonds is 6. The third kappa shape index (κ3) is 6.03. The van der Waals surface area contributed by atoms with Crippen LogP contribution < -0.4 is 4.74 Å². The summed E-state index contributed by atoms with van der Waals surface area (Å²) in [6.07, 6.45) is 4.97. The molecule has 118 valence electrons. The second-order valence-corrected chi connectivity index (χ2v) is 5.77. The molecule has 0 aliphatic carbocycles.